The summed E-state index contributed by atoms with van der Waals surface area (Å²) in [5, 5.41) is 20.1. The van der Waals surface area contributed by atoms with Crippen LogP contribution in [0.25, 0.3) is 0 Å². The second kappa shape index (κ2) is 4.57. The molecular formula is C10H21N3O. The predicted octanol–water partition coefficient (Wildman–Crippen LogP) is -0.948. The average Bonchev–Trinajstić information content (AvgIpc) is 2.65. The minimum absolute atomic E-state index is 0.495. The van der Waals surface area contributed by atoms with Crippen LogP contribution in [0.1, 0.15) is 19.3 Å². The van der Waals surface area contributed by atoms with E-state index in [1.165, 1.54) is 12.8 Å². The molecule has 2 saturated heterocycles. The molecule has 4 nitrogen and oxygen atoms in total. The van der Waals surface area contributed by atoms with Gasteiger partial charge in [0.2, 0.25) is 0 Å². The van der Waals surface area contributed by atoms with Crippen LogP contribution in [0.5, 0.6) is 0 Å². The van der Waals surface area contributed by atoms with Crippen molar-refractivity contribution in [3.63, 3.8) is 0 Å². The molecule has 0 radical (unpaired) electrons. The molecule has 0 spiro atoms. The van der Waals surface area contributed by atoms with Crippen LogP contribution in [0.15, 0.2) is 0 Å². The van der Waals surface area contributed by atoms with E-state index in [2.05, 4.69) is 16.0 Å². The largest absolute Gasteiger partial charge is 0.387 e. The maximum Gasteiger partial charge on any atom is 0.0907 e. The summed E-state index contributed by atoms with van der Waals surface area (Å²) < 4.78 is 0. The fourth-order valence-corrected chi connectivity index (χ4v) is 2.24. The summed E-state index contributed by atoms with van der Waals surface area (Å²) >= 11 is 0. The Kier molecular flexibility index (Phi) is 3.38. The van der Waals surface area contributed by atoms with Gasteiger partial charge in [-0.15, -0.1) is 0 Å². The molecule has 1 atom stereocenters. The Morgan fingerprint density at radius 1 is 1.21 bits per heavy atom. The molecule has 0 aromatic carbocycles. The van der Waals surface area contributed by atoms with Crippen LogP contribution >= 0.6 is 0 Å². The van der Waals surface area contributed by atoms with E-state index in [0.29, 0.717) is 6.04 Å². The van der Waals surface area contributed by atoms with Crippen LogP contribution in [-0.2, 0) is 0 Å². The zero-order chi connectivity index (χ0) is 9.86. The highest BCUT2D eigenvalue weighted by Gasteiger charge is 2.31. The standard InChI is InChI=1S/C10H21N3O/c14-10(3-6-12-7-10)8-13-9-1-4-11-5-2-9/h9,11-14H,1-8H2. The number of rotatable bonds is 3. The van der Waals surface area contributed by atoms with E-state index in [1.54, 1.807) is 0 Å². The molecule has 2 fully saturated rings. The minimum Gasteiger partial charge on any atom is -0.387 e. The number of nitrogens with one attached hydrogen (secondary N) is 3. The smallest absolute Gasteiger partial charge is 0.0907 e. The Morgan fingerprint density at radius 3 is 2.64 bits per heavy atom. The average molecular weight is 199 g/mol. The first-order chi connectivity index (χ1) is 6.79. The van der Waals surface area contributed by atoms with Crippen molar-refractivity contribution in [2.75, 3.05) is 32.7 Å². The van der Waals surface area contributed by atoms with Gasteiger partial charge in [0, 0.05) is 19.1 Å². The Balaban J connectivity index is 1.70. The van der Waals surface area contributed by atoms with Crippen molar-refractivity contribution in [3.8, 4) is 0 Å². The van der Waals surface area contributed by atoms with Crippen molar-refractivity contribution in [2.24, 2.45) is 0 Å². The molecule has 0 saturated carbocycles. The first-order valence-corrected chi connectivity index (χ1v) is 5.66. The Hall–Kier alpha value is -0.160. The summed E-state index contributed by atoms with van der Waals surface area (Å²) in [4.78, 5) is 0. The Labute approximate surface area is 85.5 Å². The normalized spacial score (nSPS) is 34.9. The predicted molar refractivity (Wildman–Crippen MR) is 56.3 cm³/mol. The summed E-state index contributed by atoms with van der Waals surface area (Å²) in [6.45, 7) is 4.64. The lowest BCUT2D eigenvalue weighted by Gasteiger charge is -2.28. The Morgan fingerprint density at radius 2 is 2.00 bits per heavy atom. The van der Waals surface area contributed by atoms with Gasteiger partial charge in [0.25, 0.3) is 0 Å². The second-order valence-corrected chi connectivity index (χ2v) is 4.56. The van der Waals surface area contributed by atoms with Crippen molar-refractivity contribution in [3.05, 3.63) is 0 Å². The SMILES string of the molecule is OC1(CNC2CCNCC2)CCNC1. The third-order valence-corrected chi connectivity index (χ3v) is 3.28. The number of piperidine rings is 1. The number of β-amino-alcohol motifs (C(OH)–C–C–N with tert-alkyl or cyclic N) is 1. The van der Waals surface area contributed by atoms with Gasteiger partial charge in [-0.25, -0.2) is 0 Å². The van der Waals surface area contributed by atoms with Crippen LogP contribution in [-0.4, -0.2) is 49.5 Å². The van der Waals surface area contributed by atoms with Gasteiger partial charge in [0.1, 0.15) is 0 Å². The monoisotopic (exact) mass is 199 g/mol. The quantitative estimate of drug-likeness (QED) is 0.473. The highest BCUT2D eigenvalue weighted by Crippen LogP contribution is 2.13. The molecule has 2 aliphatic heterocycles. The number of hydrogen-bond acceptors (Lipinski definition) is 4. The molecule has 14 heavy (non-hydrogen) atoms. The molecule has 2 rings (SSSR count). The van der Waals surface area contributed by atoms with E-state index in [9.17, 15) is 5.11 Å². The van der Waals surface area contributed by atoms with Gasteiger partial charge in [-0.2, -0.15) is 0 Å². The van der Waals surface area contributed by atoms with Crippen molar-refractivity contribution in [1.29, 1.82) is 0 Å². The summed E-state index contributed by atoms with van der Waals surface area (Å²) in [6, 6.07) is 0.598. The van der Waals surface area contributed by atoms with Gasteiger partial charge >= 0.3 is 0 Å². The van der Waals surface area contributed by atoms with Crippen molar-refractivity contribution in [1.82, 2.24) is 16.0 Å². The van der Waals surface area contributed by atoms with Gasteiger partial charge in [-0.1, -0.05) is 0 Å². The van der Waals surface area contributed by atoms with Gasteiger partial charge in [-0.05, 0) is 38.9 Å². The molecule has 0 aliphatic carbocycles. The van der Waals surface area contributed by atoms with Crippen molar-refractivity contribution < 1.29 is 5.11 Å². The highest BCUT2D eigenvalue weighted by molar-refractivity contribution is 4.91. The summed E-state index contributed by atoms with van der Waals surface area (Å²) in [7, 11) is 0. The first kappa shape index (κ1) is 10.4. The third kappa shape index (κ3) is 2.67. The Bertz CT molecular complexity index is 174. The zero-order valence-corrected chi connectivity index (χ0v) is 8.68. The summed E-state index contributed by atoms with van der Waals surface area (Å²) in [6.07, 6.45) is 3.25. The zero-order valence-electron chi connectivity index (χ0n) is 8.68. The molecule has 0 aromatic heterocycles. The maximum atomic E-state index is 10.1. The van der Waals surface area contributed by atoms with Crippen LogP contribution < -0.4 is 16.0 Å². The molecule has 0 aromatic rings. The van der Waals surface area contributed by atoms with E-state index in [4.69, 9.17) is 0 Å². The highest BCUT2D eigenvalue weighted by atomic mass is 16.3. The van der Waals surface area contributed by atoms with Crippen molar-refractivity contribution in [2.45, 2.75) is 30.9 Å². The van der Waals surface area contributed by atoms with E-state index in [1.807, 2.05) is 0 Å². The van der Waals surface area contributed by atoms with E-state index in [0.717, 1.165) is 39.1 Å². The fourth-order valence-electron chi connectivity index (χ4n) is 2.24. The molecule has 2 heterocycles. The second-order valence-electron chi connectivity index (χ2n) is 4.56. The summed E-state index contributed by atoms with van der Waals surface area (Å²) in [5.41, 5.74) is -0.495. The molecule has 82 valence electrons. The molecule has 4 N–H and O–H groups in total. The third-order valence-electron chi connectivity index (χ3n) is 3.28. The van der Waals surface area contributed by atoms with Crippen molar-refractivity contribution >= 4 is 0 Å². The lowest BCUT2D eigenvalue weighted by molar-refractivity contribution is 0.0568. The van der Waals surface area contributed by atoms with Crippen LogP contribution in [0, 0.1) is 0 Å². The minimum atomic E-state index is -0.495. The van der Waals surface area contributed by atoms with Gasteiger partial charge in [0.05, 0.1) is 5.60 Å². The lowest BCUT2D eigenvalue weighted by atomic mass is 10.0. The molecule has 0 bridgehead atoms. The molecular weight excluding hydrogens is 178 g/mol. The fraction of sp³-hybridized carbons (Fsp3) is 1.00. The number of aliphatic hydroxyl groups is 1. The molecule has 1 unspecified atom stereocenters. The van der Waals surface area contributed by atoms with Crippen LogP contribution in [0.4, 0.5) is 0 Å². The van der Waals surface area contributed by atoms with Gasteiger partial charge in [0.15, 0.2) is 0 Å². The van der Waals surface area contributed by atoms with Crippen LogP contribution in [0.3, 0.4) is 0 Å². The van der Waals surface area contributed by atoms with Gasteiger partial charge < -0.3 is 21.1 Å². The molecule has 2 aliphatic rings. The maximum absolute atomic E-state index is 10.1. The van der Waals surface area contributed by atoms with Gasteiger partial charge in [-0.3, -0.25) is 0 Å². The van der Waals surface area contributed by atoms with E-state index in [-0.39, 0.29) is 0 Å². The molecule has 4 heteroatoms. The first-order valence-electron chi connectivity index (χ1n) is 5.66. The summed E-state index contributed by atoms with van der Waals surface area (Å²) in [5.74, 6) is 0. The van der Waals surface area contributed by atoms with E-state index < -0.39 is 5.60 Å². The van der Waals surface area contributed by atoms with E-state index >= 15 is 0 Å². The lowest BCUT2D eigenvalue weighted by Crippen LogP contribution is -2.48. The van der Waals surface area contributed by atoms with Crippen LogP contribution in [0.2, 0.25) is 0 Å². The topological polar surface area (TPSA) is 56.3 Å². The number of hydrogen-bond donors (Lipinski definition) is 4. The molecule has 0 amide bonds.